The zero-order valence-electron chi connectivity index (χ0n) is 12.6. The topological polar surface area (TPSA) is 47.6 Å². The van der Waals surface area contributed by atoms with Gasteiger partial charge in [0, 0.05) is 16.6 Å². The van der Waals surface area contributed by atoms with Gasteiger partial charge in [-0.2, -0.15) is 0 Å². The molecule has 0 unspecified atom stereocenters. The summed E-state index contributed by atoms with van der Waals surface area (Å²) in [7, 11) is 3.11. The number of amides is 1. The summed E-state index contributed by atoms with van der Waals surface area (Å²) in [6.07, 6.45) is 0.764. The lowest BCUT2D eigenvalue weighted by atomic mass is 10.1. The Kier molecular flexibility index (Phi) is 5.83. The van der Waals surface area contributed by atoms with Crippen molar-refractivity contribution >= 4 is 21.8 Å². The molecule has 1 amide bonds. The highest BCUT2D eigenvalue weighted by Gasteiger charge is 2.10. The lowest BCUT2D eigenvalue weighted by Gasteiger charge is -2.10. The van der Waals surface area contributed by atoms with Gasteiger partial charge < -0.3 is 14.8 Å². The first-order valence-corrected chi connectivity index (χ1v) is 7.68. The van der Waals surface area contributed by atoms with Gasteiger partial charge in [-0.1, -0.05) is 34.1 Å². The van der Waals surface area contributed by atoms with Gasteiger partial charge in [0.05, 0.1) is 14.2 Å². The maximum atomic E-state index is 12.2. The van der Waals surface area contributed by atoms with Gasteiger partial charge in [0.1, 0.15) is 0 Å². The molecule has 0 aliphatic carbocycles. The van der Waals surface area contributed by atoms with Crippen LogP contribution in [0.15, 0.2) is 46.9 Å². The van der Waals surface area contributed by atoms with Crippen molar-refractivity contribution in [3.63, 3.8) is 0 Å². The van der Waals surface area contributed by atoms with E-state index in [2.05, 4.69) is 21.2 Å². The van der Waals surface area contributed by atoms with Crippen molar-refractivity contribution in [2.45, 2.75) is 6.42 Å². The fraction of sp³-hybridized carbons (Fsp3) is 0.235. The number of benzene rings is 2. The lowest BCUT2D eigenvalue weighted by molar-refractivity contribution is 0.0953. The van der Waals surface area contributed by atoms with E-state index in [1.54, 1.807) is 32.4 Å². The van der Waals surface area contributed by atoms with Crippen LogP contribution in [0.25, 0.3) is 0 Å². The van der Waals surface area contributed by atoms with Gasteiger partial charge in [0.25, 0.3) is 5.91 Å². The third-order valence-corrected chi connectivity index (χ3v) is 4.06. The zero-order valence-corrected chi connectivity index (χ0v) is 14.1. The second-order valence-electron chi connectivity index (χ2n) is 4.67. The maximum absolute atomic E-state index is 12.2. The molecule has 4 nitrogen and oxygen atoms in total. The number of carbonyl (C=O) groups excluding carboxylic acids is 1. The van der Waals surface area contributed by atoms with Crippen molar-refractivity contribution < 1.29 is 14.3 Å². The summed E-state index contributed by atoms with van der Waals surface area (Å²) in [5.74, 6) is 1.02. The Morgan fingerprint density at radius 2 is 1.82 bits per heavy atom. The molecular weight excluding hydrogens is 346 g/mol. The Labute approximate surface area is 138 Å². The summed E-state index contributed by atoms with van der Waals surface area (Å²) in [6, 6.07) is 13.1. The number of nitrogens with one attached hydrogen (secondary N) is 1. The highest BCUT2D eigenvalue weighted by atomic mass is 79.9. The van der Waals surface area contributed by atoms with E-state index in [9.17, 15) is 4.79 Å². The molecule has 2 aromatic carbocycles. The minimum Gasteiger partial charge on any atom is -0.493 e. The van der Waals surface area contributed by atoms with Crippen LogP contribution in [0.3, 0.4) is 0 Å². The molecule has 0 aliphatic rings. The molecule has 22 heavy (non-hydrogen) atoms. The van der Waals surface area contributed by atoms with Crippen LogP contribution in [-0.4, -0.2) is 26.7 Å². The summed E-state index contributed by atoms with van der Waals surface area (Å²) in [4.78, 5) is 12.2. The Morgan fingerprint density at radius 3 is 2.50 bits per heavy atom. The van der Waals surface area contributed by atoms with E-state index in [0.717, 1.165) is 16.5 Å². The van der Waals surface area contributed by atoms with Crippen molar-refractivity contribution in [3.8, 4) is 11.5 Å². The molecule has 0 saturated heterocycles. The molecule has 0 spiro atoms. The maximum Gasteiger partial charge on any atom is 0.251 e. The molecule has 0 saturated carbocycles. The van der Waals surface area contributed by atoms with Crippen LogP contribution in [0.4, 0.5) is 0 Å². The van der Waals surface area contributed by atoms with Gasteiger partial charge in [0.2, 0.25) is 0 Å². The van der Waals surface area contributed by atoms with Gasteiger partial charge in [-0.25, -0.2) is 0 Å². The minimum atomic E-state index is -0.131. The number of hydrogen-bond acceptors (Lipinski definition) is 3. The second kappa shape index (κ2) is 7.84. The summed E-state index contributed by atoms with van der Waals surface area (Å²) in [5.41, 5.74) is 1.71. The molecular formula is C17H18BrNO3. The zero-order chi connectivity index (χ0) is 15.9. The summed E-state index contributed by atoms with van der Waals surface area (Å²) >= 11 is 3.50. The fourth-order valence-corrected chi connectivity index (χ4v) is 2.57. The fourth-order valence-electron chi connectivity index (χ4n) is 2.09. The van der Waals surface area contributed by atoms with Crippen LogP contribution in [0.5, 0.6) is 11.5 Å². The number of carbonyl (C=O) groups is 1. The monoisotopic (exact) mass is 363 g/mol. The average molecular weight is 364 g/mol. The van der Waals surface area contributed by atoms with E-state index in [1.807, 2.05) is 24.3 Å². The molecule has 116 valence electrons. The molecule has 0 aromatic heterocycles. The van der Waals surface area contributed by atoms with Crippen molar-refractivity contribution in [3.05, 3.63) is 58.1 Å². The number of methoxy groups -OCH3 is 2. The third kappa shape index (κ3) is 4.01. The summed E-state index contributed by atoms with van der Waals surface area (Å²) < 4.78 is 11.4. The molecule has 0 aliphatic heterocycles. The van der Waals surface area contributed by atoms with Crippen LogP contribution < -0.4 is 14.8 Å². The molecule has 2 rings (SSSR count). The standard InChI is InChI=1S/C17H18BrNO3/c1-21-15-8-7-13(11-16(15)22-2)17(20)19-10-9-12-5-3-4-6-14(12)18/h3-8,11H,9-10H2,1-2H3,(H,19,20). The van der Waals surface area contributed by atoms with Crippen LogP contribution in [-0.2, 0) is 6.42 Å². The minimum absolute atomic E-state index is 0.131. The summed E-state index contributed by atoms with van der Waals surface area (Å²) in [6.45, 7) is 0.565. The Bertz CT molecular complexity index is 658. The van der Waals surface area contributed by atoms with Crippen molar-refractivity contribution in [2.24, 2.45) is 0 Å². The van der Waals surface area contributed by atoms with Crippen molar-refractivity contribution in [1.29, 1.82) is 0 Å². The first-order chi connectivity index (χ1) is 10.7. The largest absolute Gasteiger partial charge is 0.493 e. The Hall–Kier alpha value is -2.01. The Balaban J connectivity index is 1.96. The lowest BCUT2D eigenvalue weighted by Crippen LogP contribution is -2.25. The molecule has 1 N–H and O–H groups in total. The first-order valence-electron chi connectivity index (χ1n) is 6.89. The average Bonchev–Trinajstić information content (AvgIpc) is 2.55. The van der Waals surface area contributed by atoms with Gasteiger partial charge in [-0.3, -0.25) is 4.79 Å². The van der Waals surface area contributed by atoms with Crippen LogP contribution >= 0.6 is 15.9 Å². The first kappa shape index (κ1) is 16.4. The van der Waals surface area contributed by atoms with Gasteiger partial charge in [0.15, 0.2) is 11.5 Å². The van der Waals surface area contributed by atoms with E-state index < -0.39 is 0 Å². The highest BCUT2D eigenvalue weighted by Crippen LogP contribution is 2.27. The molecule has 0 atom stereocenters. The van der Waals surface area contributed by atoms with Crippen LogP contribution in [0, 0.1) is 0 Å². The van der Waals surface area contributed by atoms with E-state index in [-0.39, 0.29) is 5.91 Å². The van der Waals surface area contributed by atoms with Gasteiger partial charge in [-0.15, -0.1) is 0 Å². The van der Waals surface area contributed by atoms with Gasteiger partial charge >= 0.3 is 0 Å². The van der Waals surface area contributed by atoms with E-state index in [4.69, 9.17) is 9.47 Å². The molecule has 0 heterocycles. The number of rotatable bonds is 6. The predicted octanol–water partition coefficient (Wildman–Crippen LogP) is 3.44. The Morgan fingerprint density at radius 1 is 1.09 bits per heavy atom. The van der Waals surface area contributed by atoms with Crippen molar-refractivity contribution in [1.82, 2.24) is 5.32 Å². The summed E-state index contributed by atoms with van der Waals surface area (Å²) in [5, 5.41) is 2.91. The van der Waals surface area contributed by atoms with E-state index in [1.165, 1.54) is 0 Å². The number of ether oxygens (including phenoxy) is 2. The SMILES string of the molecule is COc1ccc(C(=O)NCCc2ccccc2Br)cc1OC. The molecule has 0 bridgehead atoms. The van der Waals surface area contributed by atoms with Crippen LogP contribution in [0.1, 0.15) is 15.9 Å². The quantitative estimate of drug-likeness (QED) is 0.854. The van der Waals surface area contributed by atoms with Gasteiger partial charge in [-0.05, 0) is 36.2 Å². The predicted molar refractivity (Wildman–Crippen MR) is 89.7 cm³/mol. The second-order valence-corrected chi connectivity index (χ2v) is 5.52. The smallest absolute Gasteiger partial charge is 0.251 e. The highest BCUT2D eigenvalue weighted by molar-refractivity contribution is 9.10. The van der Waals surface area contributed by atoms with E-state index in [0.29, 0.717) is 23.6 Å². The molecule has 2 aromatic rings. The number of halogens is 1. The molecule has 5 heteroatoms. The number of hydrogen-bond donors (Lipinski definition) is 1. The molecule has 0 radical (unpaired) electrons. The van der Waals surface area contributed by atoms with Crippen molar-refractivity contribution in [2.75, 3.05) is 20.8 Å². The van der Waals surface area contributed by atoms with Crippen LogP contribution in [0.2, 0.25) is 0 Å². The molecule has 0 fully saturated rings. The normalized spacial score (nSPS) is 10.1. The van der Waals surface area contributed by atoms with E-state index >= 15 is 0 Å². The third-order valence-electron chi connectivity index (χ3n) is 3.28.